The number of nitrogens with zero attached hydrogens (tertiary/aromatic N) is 2. The van der Waals surface area contributed by atoms with Gasteiger partial charge in [0.2, 0.25) is 0 Å². The molecule has 0 spiro atoms. The molecule has 1 fully saturated rings. The normalized spacial score (nSPS) is 16.9. The lowest BCUT2D eigenvalue weighted by Crippen LogP contribution is -2.65. The van der Waals surface area contributed by atoms with Gasteiger partial charge in [-0.3, -0.25) is 0 Å². The van der Waals surface area contributed by atoms with Crippen molar-refractivity contribution in [3.05, 3.63) is 0 Å². The van der Waals surface area contributed by atoms with E-state index in [9.17, 15) is 9.59 Å². The maximum absolute atomic E-state index is 12.0. The maximum Gasteiger partial charge on any atom is 0.329 e. The molecule has 7 heteroatoms. The largest absolute Gasteiger partial charge is 0.480 e. The van der Waals surface area contributed by atoms with E-state index < -0.39 is 11.6 Å². The molecule has 110 valence electrons. The Morgan fingerprint density at radius 2 is 2.05 bits per heavy atom. The summed E-state index contributed by atoms with van der Waals surface area (Å²) in [5, 5.41) is 8.55. The number of carbonyl (C=O) groups excluding carboxylic acids is 1. The van der Waals surface area contributed by atoms with Gasteiger partial charge in [0.1, 0.15) is 12.2 Å². The van der Waals surface area contributed by atoms with Crippen molar-refractivity contribution in [1.82, 2.24) is 9.80 Å². The van der Waals surface area contributed by atoms with Crippen molar-refractivity contribution in [2.24, 2.45) is 0 Å². The molecule has 0 aromatic rings. The van der Waals surface area contributed by atoms with Crippen LogP contribution in [-0.4, -0.2) is 79.0 Å². The first-order valence-corrected chi connectivity index (χ1v) is 6.31. The van der Waals surface area contributed by atoms with Crippen LogP contribution in [0.2, 0.25) is 0 Å². The third-order valence-electron chi connectivity index (χ3n) is 2.97. The molecular weight excluding hydrogens is 252 g/mol. The summed E-state index contributed by atoms with van der Waals surface area (Å²) in [6.45, 7) is 5.89. The van der Waals surface area contributed by atoms with Gasteiger partial charge in [-0.25, -0.2) is 9.59 Å². The second kappa shape index (κ2) is 6.72. The van der Waals surface area contributed by atoms with Crippen LogP contribution in [0.1, 0.15) is 13.8 Å². The zero-order chi connectivity index (χ0) is 14.5. The van der Waals surface area contributed by atoms with E-state index in [0.717, 1.165) is 0 Å². The smallest absolute Gasteiger partial charge is 0.329 e. The van der Waals surface area contributed by atoms with Crippen LogP contribution in [0, 0.1) is 0 Å². The zero-order valence-corrected chi connectivity index (χ0v) is 11.7. The number of hydrogen-bond donors (Lipinski definition) is 1. The van der Waals surface area contributed by atoms with Crippen molar-refractivity contribution in [2.45, 2.75) is 19.4 Å². The SMILES string of the molecule is CCOCCN(C)C(=O)N1CC(C)(OCC(=O)O)C1. The summed E-state index contributed by atoms with van der Waals surface area (Å²) in [6, 6.07) is -0.0869. The number of likely N-dealkylation sites (N-methyl/N-ethyl adjacent to an activating group) is 1. The minimum absolute atomic E-state index is 0.0869. The van der Waals surface area contributed by atoms with Crippen molar-refractivity contribution >= 4 is 12.0 Å². The van der Waals surface area contributed by atoms with Gasteiger partial charge < -0.3 is 24.4 Å². The van der Waals surface area contributed by atoms with Crippen molar-refractivity contribution in [2.75, 3.05) is 46.5 Å². The molecule has 0 bridgehead atoms. The number of amides is 2. The van der Waals surface area contributed by atoms with Crippen LogP contribution in [0.3, 0.4) is 0 Å². The number of ether oxygens (including phenoxy) is 2. The van der Waals surface area contributed by atoms with Crippen LogP contribution in [0.25, 0.3) is 0 Å². The van der Waals surface area contributed by atoms with E-state index in [1.807, 2.05) is 6.92 Å². The van der Waals surface area contributed by atoms with Crippen molar-refractivity contribution < 1.29 is 24.2 Å². The van der Waals surface area contributed by atoms with Crippen molar-refractivity contribution in [3.8, 4) is 0 Å². The monoisotopic (exact) mass is 274 g/mol. The van der Waals surface area contributed by atoms with Gasteiger partial charge in [-0.15, -0.1) is 0 Å². The van der Waals surface area contributed by atoms with E-state index in [-0.39, 0.29) is 12.6 Å². The minimum Gasteiger partial charge on any atom is -0.480 e. The molecule has 19 heavy (non-hydrogen) atoms. The molecule has 0 saturated carbocycles. The molecule has 7 nitrogen and oxygen atoms in total. The number of carboxylic acids is 1. The lowest BCUT2D eigenvalue weighted by molar-refractivity contribution is -0.160. The number of rotatable bonds is 7. The van der Waals surface area contributed by atoms with Crippen LogP contribution in [-0.2, 0) is 14.3 Å². The Morgan fingerprint density at radius 3 is 2.58 bits per heavy atom. The molecule has 0 aromatic carbocycles. The summed E-state index contributed by atoms with van der Waals surface area (Å²) in [5.41, 5.74) is -0.547. The molecule has 0 unspecified atom stereocenters. The van der Waals surface area contributed by atoms with Gasteiger partial charge in [0.15, 0.2) is 0 Å². The highest BCUT2D eigenvalue weighted by molar-refractivity contribution is 5.75. The average Bonchev–Trinajstić information content (AvgIpc) is 2.32. The summed E-state index contributed by atoms with van der Waals surface area (Å²) in [5.74, 6) is -1.00. The first kappa shape index (κ1) is 15.7. The predicted octanol–water partition coefficient (Wildman–Crippen LogP) is 0.250. The summed E-state index contributed by atoms with van der Waals surface area (Å²) >= 11 is 0. The molecule has 1 N–H and O–H groups in total. The Morgan fingerprint density at radius 1 is 1.42 bits per heavy atom. The molecule has 2 amide bonds. The second-order valence-corrected chi connectivity index (χ2v) is 4.89. The highest BCUT2D eigenvalue weighted by Gasteiger charge is 2.43. The van der Waals surface area contributed by atoms with Gasteiger partial charge in [-0.2, -0.15) is 0 Å². The third kappa shape index (κ3) is 4.68. The molecule has 1 rings (SSSR count). The van der Waals surface area contributed by atoms with E-state index in [1.54, 1.807) is 23.8 Å². The van der Waals surface area contributed by atoms with Gasteiger partial charge in [0.25, 0.3) is 0 Å². The first-order valence-electron chi connectivity index (χ1n) is 6.31. The van der Waals surface area contributed by atoms with E-state index in [2.05, 4.69) is 0 Å². The highest BCUT2D eigenvalue weighted by atomic mass is 16.5. The van der Waals surface area contributed by atoms with Crippen LogP contribution >= 0.6 is 0 Å². The Balaban J connectivity index is 2.28. The van der Waals surface area contributed by atoms with Crippen LogP contribution < -0.4 is 0 Å². The first-order chi connectivity index (χ1) is 8.88. The number of urea groups is 1. The summed E-state index contributed by atoms with van der Waals surface area (Å²) < 4.78 is 10.4. The van der Waals surface area contributed by atoms with Gasteiger partial charge >= 0.3 is 12.0 Å². The molecule has 1 heterocycles. The number of hydrogen-bond acceptors (Lipinski definition) is 4. The average molecular weight is 274 g/mol. The third-order valence-corrected chi connectivity index (χ3v) is 2.97. The fraction of sp³-hybridized carbons (Fsp3) is 0.833. The number of carboxylic acid groups (broad SMARTS) is 1. The van der Waals surface area contributed by atoms with Gasteiger partial charge in [-0.05, 0) is 13.8 Å². The van der Waals surface area contributed by atoms with Gasteiger partial charge in [-0.1, -0.05) is 0 Å². The fourth-order valence-electron chi connectivity index (χ4n) is 1.91. The standard InChI is InChI=1S/C12H22N2O5/c1-4-18-6-5-13(3)11(17)14-8-12(2,9-14)19-7-10(15)16/h4-9H2,1-3H3,(H,15,16). The Labute approximate surface area is 113 Å². The predicted molar refractivity (Wildman–Crippen MR) is 68.1 cm³/mol. The van der Waals surface area contributed by atoms with E-state index in [0.29, 0.717) is 32.8 Å². The summed E-state index contributed by atoms with van der Waals surface area (Å²) in [4.78, 5) is 25.6. The van der Waals surface area contributed by atoms with Crippen molar-refractivity contribution in [1.29, 1.82) is 0 Å². The maximum atomic E-state index is 12.0. The van der Waals surface area contributed by atoms with E-state index in [4.69, 9.17) is 14.6 Å². The molecule has 0 radical (unpaired) electrons. The Bertz CT molecular complexity index is 328. The van der Waals surface area contributed by atoms with Crippen LogP contribution in [0.5, 0.6) is 0 Å². The lowest BCUT2D eigenvalue weighted by Gasteiger charge is -2.48. The molecule has 0 aromatic heterocycles. The van der Waals surface area contributed by atoms with Crippen LogP contribution in [0.4, 0.5) is 4.79 Å². The van der Waals surface area contributed by atoms with E-state index in [1.165, 1.54) is 0 Å². The number of likely N-dealkylation sites (tertiary alicyclic amines) is 1. The molecule has 0 atom stereocenters. The fourth-order valence-corrected chi connectivity index (χ4v) is 1.91. The van der Waals surface area contributed by atoms with E-state index >= 15 is 0 Å². The summed E-state index contributed by atoms with van der Waals surface area (Å²) in [6.07, 6.45) is 0. The summed E-state index contributed by atoms with van der Waals surface area (Å²) in [7, 11) is 1.72. The Hall–Kier alpha value is -1.34. The molecule has 0 aliphatic carbocycles. The van der Waals surface area contributed by atoms with Gasteiger partial charge in [0.05, 0.1) is 19.7 Å². The number of aliphatic carboxylic acids is 1. The molecule has 1 aliphatic rings. The van der Waals surface area contributed by atoms with Crippen LogP contribution in [0.15, 0.2) is 0 Å². The number of carbonyl (C=O) groups is 2. The van der Waals surface area contributed by atoms with Crippen molar-refractivity contribution in [3.63, 3.8) is 0 Å². The molecular formula is C12H22N2O5. The highest BCUT2D eigenvalue weighted by Crippen LogP contribution is 2.25. The quantitative estimate of drug-likeness (QED) is 0.673. The second-order valence-electron chi connectivity index (χ2n) is 4.89. The topological polar surface area (TPSA) is 79.3 Å². The molecule has 1 saturated heterocycles. The zero-order valence-electron chi connectivity index (χ0n) is 11.7. The minimum atomic E-state index is -1.00. The lowest BCUT2D eigenvalue weighted by atomic mass is 9.97. The van der Waals surface area contributed by atoms with Gasteiger partial charge in [0, 0.05) is 20.2 Å². The molecule has 1 aliphatic heterocycles. The Kier molecular flexibility index (Phi) is 5.56.